The number of carboxylic acid groups (broad SMARTS) is 1. The lowest BCUT2D eigenvalue weighted by molar-refractivity contribution is -0.143. The number of unbranched alkanes of at least 4 members (excludes halogenated alkanes) is 1. The monoisotopic (exact) mass is 240 g/mol. The number of nitrogens with zero attached hydrogens (tertiary/aromatic N) is 2. The number of rotatable bonds is 7. The van der Waals surface area contributed by atoms with Crippen LogP contribution in [0.15, 0.2) is 0 Å². The number of ether oxygens (including phenoxy) is 1. The van der Waals surface area contributed by atoms with Crippen molar-refractivity contribution in [3.8, 4) is 6.07 Å². The Hall–Kier alpha value is -1.12. The normalized spacial score (nSPS) is 23.8. The summed E-state index contributed by atoms with van der Waals surface area (Å²) in [7, 11) is 0. The minimum absolute atomic E-state index is 0.0360. The molecule has 5 nitrogen and oxygen atoms in total. The van der Waals surface area contributed by atoms with Crippen LogP contribution in [0.5, 0.6) is 0 Å². The van der Waals surface area contributed by atoms with Crippen molar-refractivity contribution in [2.75, 3.05) is 26.3 Å². The lowest BCUT2D eigenvalue weighted by atomic mass is 10.0. The van der Waals surface area contributed by atoms with Crippen LogP contribution in [0.25, 0.3) is 0 Å². The molecule has 0 amide bonds. The predicted octanol–water partition coefficient (Wildman–Crippen LogP) is 1.10. The number of hydrogen-bond acceptors (Lipinski definition) is 4. The van der Waals surface area contributed by atoms with E-state index in [0.29, 0.717) is 19.6 Å². The van der Waals surface area contributed by atoms with Crippen LogP contribution in [0.2, 0.25) is 0 Å². The summed E-state index contributed by atoms with van der Waals surface area (Å²) < 4.78 is 5.28. The van der Waals surface area contributed by atoms with Gasteiger partial charge in [0.15, 0.2) is 0 Å². The SMILES string of the molecule is CCCN(CCCC#N)C1COCC1C(=O)O. The number of carbonyl (C=O) groups is 1. The van der Waals surface area contributed by atoms with Crippen LogP contribution in [0.1, 0.15) is 26.2 Å². The van der Waals surface area contributed by atoms with Crippen LogP contribution in [0.4, 0.5) is 0 Å². The fraction of sp³-hybridized carbons (Fsp3) is 0.833. The maximum absolute atomic E-state index is 11.1. The molecule has 0 aliphatic carbocycles. The molecule has 1 rings (SSSR count). The second kappa shape index (κ2) is 7.25. The maximum Gasteiger partial charge on any atom is 0.310 e. The Balaban J connectivity index is 2.55. The first kappa shape index (κ1) is 13.9. The molecule has 0 saturated carbocycles. The molecule has 0 spiro atoms. The molecule has 0 aromatic rings. The average molecular weight is 240 g/mol. The van der Waals surface area contributed by atoms with Gasteiger partial charge in [-0.1, -0.05) is 6.92 Å². The van der Waals surface area contributed by atoms with Crippen molar-refractivity contribution in [3.63, 3.8) is 0 Å². The molecule has 2 unspecified atom stereocenters. The molecule has 17 heavy (non-hydrogen) atoms. The molecular weight excluding hydrogens is 220 g/mol. The average Bonchev–Trinajstić information content (AvgIpc) is 2.77. The highest BCUT2D eigenvalue weighted by Crippen LogP contribution is 2.20. The zero-order valence-corrected chi connectivity index (χ0v) is 10.3. The van der Waals surface area contributed by atoms with Crippen molar-refractivity contribution < 1.29 is 14.6 Å². The van der Waals surface area contributed by atoms with Crippen LogP contribution in [0, 0.1) is 17.2 Å². The third-order valence-corrected chi connectivity index (χ3v) is 3.08. The zero-order valence-electron chi connectivity index (χ0n) is 10.3. The number of aliphatic carboxylic acids is 1. The van der Waals surface area contributed by atoms with E-state index >= 15 is 0 Å². The van der Waals surface area contributed by atoms with E-state index in [1.807, 2.05) is 0 Å². The van der Waals surface area contributed by atoms with E-state index in [-0.39, 0.29) is 6.04 Å². The highest BCUT2D eigenvalue weighted by molar-refractivity contribution is 5.71. The Bertz CT molecular complexity index is 288. The molecule has 1 N–H and O–H groups in total. The van der Waals surface area contributed by atoms with Gasteiger partial charge in [-0.25, -0.2) is 0 Å². The molecule has 2 atom stereocenters. The van der Waals surface area contributed by atoms with Gasteiger partial charge < -0.3 is 9.84 Å². The lowest BCUT2D eigenvalue weighted by Crippen LogP contribution is -2.44. The Labute approximate surface area is 102 Å². The topological polar surface area (TPSA) is 73.6 Å². The minimum Gasteiger partial charge on any atom is -0.481 e. The van der Waals surface area contributed by atoms with Gasteiger partial charge in [-0.2, -0.15) is 5.26 Å². The Morgan fingerprint density at radius 1 is 1.53 bits per heavy atom. The largest absolute Gasteiger partial charge is 0.481 e. The van der Waals surface area contributed by atoms with E-state index in [1.165, 1.54) is 0 Å². The van der Waals surface area contributed by atoms with E-state index < -0.39 is 11.9 Å². The highest BCUT2D eigenvalue weighted by Gasteiger charge is 2.37. The summed E-state index contributed by atoms with van der Waals surface area (Å²) in [6.45, 7) is 4.51. The van der Waals surface area contributed by atoms with Crippen molar-refractivity contribution in [1.29, 1.82) is 5.26 Å². The van der Waals surface area contributed by atoms with Crippen LogP contribution in [0.3, 0.4) is 0 Å². The highest BCUT2D eigenvalue weighted by atomic mass is 16.5. The number of carboxylic acids is 1. The summed E-state index contributed by atoms with van der Waals surface area (Å²) in [5.74, 6) is -1.21. The van der Waals surface area contributed by atoms with Gasteiger partial charge in [0.05, 0.1) is 25.2 Å². The third-order valence-electron chi connectivity index (χ3n) is 3.08. The van der Waals surface area contributed by atoms with Crippen LogP contribution < -0.4 is 0 Å². The molecule has 1 aliphatic heterocycles. The standard InChI is InChI=1S/C12H20N2O3/c1-2-6-14(7-4-3-5-13)11-9-17-8-10(11)12(15)16/h10-11H,2-4,6-9H2,1H3,(H,15,16). The molecule has 1 saturated heterocycles. The second-order valence-electron chi connectivity index (χ2n) is 4.35. The minimum atomic E-state index is -0.783. The van der Waals surface area contributed by atoms with Gasteiger partial charge in [0.2, 0.25) is 0 Å². The van der Waals surface area contributed by atoms with E-state index in [2.05, 4.69) is 17.9 Å². The van der Waals surface area contributed by atoms with Crippen molar-refractivity contribution in [1.82, 2.24) is 4.90 Å². The van der Waals surface area contributed by atoms with Crippen molar-refractivity contribution in [2.24, 2.45) is 5.92 Å². The molecule has 0 aromatic heterocycles. The van der Waals surface area contributed by atoms with Gasteiger partial charge in [0, 0.05) is 12.5 Å². The van der Waals surface area contributed by atoms with E-state index in [1.54, 1.807) is 0 Å². The quantitative estimate of drug-likeness (QED) is 0.675. The van der Waals surface area contributed by atoms with Crippen LogP contribution >= 0.6 is 0 Å². The van der Waals surface area contributed by atoms with E-state index in [4.69, 9.17) is 15.1 Å². The summed E-state index contributed by atoms with van der Waals surface area (Å²) in [6.07, 6.45) is 2.29. The number of hydrogen-bond donors (Lipinski definition) is 1. The molecule has 0 bridgehead atoms. The van der Waals surface area contributed by atoms with Crippen molar-refractivity contribution in [3.05, 3.63) is 0 Å². The van der Waals surface area contributed by atoms with Gasteiger partial charge >= 0.3 is 5.97 Å². The summed E-state index contributed by atoms with van der Waals surface area (Å²) >= 11 is 0. The van der Waals surface area contributed by atoms with Gasteiger partial charge in [0.25, 0.3) is 0 Å². The predicted molar refractivity (Wildman–Crippen MR) is 62.4 cm³/mol. The first-order valence-corrected chi connectivity index (χ1v) is 6.12. The zero-order chi connectivity index (χ0) is 12.7. The van der Waals surface area contributed by atoms with Gasteiger partial charge in [-0.15, -0.1) is 0 Å². The fourth-order valence-electron chi connectivity index (χ4n) is 2.23. The van der Waals surface area contributed by atoms with Gasteiger partial charge in [0.1, 0.15) is 0 Å². The Morgan fingerprint density at radius 2 is 2.29 bits per heavy atom. The fourth-order valence-corrected chi connectivity index (χ4v) is 2.23. The second-order valence-corrected chi connectivity index (χ2v) is 4.35. The van der Waals surface area contributed by atoms with Crippen molar-refractivity contribution in [2.45, 2.75) is 32.2 Å². The molecule has 1 heterocycles. The van der Waals surface area contributed by atoms with E-state index in [9.17, 15) is 4.79 Å². The van der Waals surface area contributed by atoms with Crippen molar-refractivity contribution >= 4 is 5.97 Å². The summed E-state index contributed by atoms with van der Waals surface area (Å²) in [4.78, 5) is 13.2. The van der Waals surface area contributed by atoms with E-state index in [0.717, 1.165) is 25.9 Å². The summed E-state index contributed by atoms with van der Waals surface area (Å²) in [6, 6.07) is 2.08. The molecule has 96 valence electrons. The molecular formula is C12H20N2O3. The lowest BCUT2D eigenvalue weighted by Gasteiger charge is -2.29. The van der Waals surface area contributed by atoms with Crippen LogP contribution in [-0.4, -0.2) is 48.3 Å². The molecule has 1 aliphatic rings. The number of nitriles is 1. The molecule has 5 heteroatoms. The molecule has 1 fully saturated rings. The third kappa shape index (κ3) is 3.99. The molecule has 0 radical (unpaired) electrons. The summed E-state index contributed by atoms with van der Waals surface area (Å²) in [5, 5.41) is 17.6. The van der Waals surface area contributed by atoms with Gasteiger partial charge in [-0.05, 0) is 25.9 Å². The Morgan fingerprint density at radius 3 is 2.88 bits per heavy atom. The van der Waals surface area contributed by atoms with Crippen LogP contribution in [-0.2, 0) is 9.53 Å². The first-order valence-electron chi connectivity index (χ1n) is 6.12. The van der Waals surface area contributed by atoms with Gasteiger partial charge in [-0.3, -0.25) is 9.69 Å². The Kier molecular flexibility index (Phi) is 5.95. The molecule has 0 aromatic carbocycles. The smallest absolute Gasteiger partial charge is 0.310 e. The summed E-state index contributed by atoms with van der Waals surface area (Å²) in [5.41, 5.74) is 0. The first-order chi connectivity index (χ1) is 8.20. The maximum atomic E-state index is 11.1.